The number of nitrogens with two attached hydrogens (primary N) is 1. The maximum atomic E-state index is 11.8. The summed E-state index contributed by atoms with van der Waals surface area (Å²) in [5.41, 5.74) is 7.02. The average molecular weight is 300 g/mol. The number of nitrogens with zero attached hydrogens (tertiary/aromatic N) is 1. The fourth-order valence-electron chi connectivity index (χ4n) is 2.04. The molecule has 0 radical (unpaired) electrons. The van der Waals surface area contributed by atoms with Crippen LogP contribution in [-0.4, -0.2) is 21.4 Å². The van der Waals surface area contributed by atoms with E-state index >= 15 is 0 Å². The van der Waals surface area contributed by atoms with Crippen LogP contribution in [0.2, 0.25) is 0 Å². The fraction of sp³-hybridized carbons (Fsp3) is 0.188. The van der Waals surface area contributed by atoms with Crippen LogP contribution in [-0.2, 0) is 11.3 Å². The number of rotatable bonds is 5. The van der Waals surface area contributed by atoms with Gasteiger partial charge in [-0.3, -0.25) is 9.59 Å². The zero-order valence-electron chi connectivity index (χ0n) is 12.0. The molecule has 0 aliphatic rings. The molecular weight excluding hydrogens is 284 g/mol. The van der Waals surface area contributed by atoms with E-state index in [1.54, 1.807) is 24.3 Å². The summed E-state index contributed by atoms with van der Waals surface area (Å²) in [4.78, 5) is 33.9. The van der Waals surface area contributed by atoms with E-state index in [0.717, 1.165) is 5.56 Å². The van der Waals surface area contributed by atoms with Crippen molar-refractivity contribution in [2.75, 3.05) is 0 Å². The number of pyridine rings is 1. The van der Waals surface area contributed by atoms with Crippen LogP contribution in [0.5, 0.6) is 0 Å². The molecule has 0 amide bonds. The van der Waals surface area contributed by atoms with Crippen LogP contribution < -0.4 is 11.3 Å². The van der Waals surface area contributed by atoms with Gasteiger partial charge in [-0.15, -0.1) is 0 Å². The second-order valence-corrected chi connectivity index (χ2v) is 5.02. The lowest BCUT2D eigenvalue weighted by Crippen LogP contribution is -2.21. The zero-order valence-corrected chi connectivity index (χ0v) is 12.0. The summed E-state index contributed by atoms with van der Waals surface area (Å²) in [5, 5.41) is 8.95. The molecule has 2 aromatic rings. The third-order valence-corrected chi connectivity index (χ3v) is 3.36. The molecule has 2 rings (SSSR count). The van der Waals surface area contributed by atoms with Crippen molar-refractivity contribution in [1.82, 2.24) is 4.57 Å². The average Bonchev–Trinajstić information content (AvgIpc) is 2.49. The second kappa shape index (κ2) is 6.36. The summed E-state index contributed by atoms with van der Waals surface area (Å²) in [7, 11) is 0. The first-order valence-electron chi connectivity index (χ1n) is 6.67. The minimum absolute atomic E-state index is 0.0508. The molecule has 0 fully saturated rings. The molecule has 114 valence electrons. The van der Waals surface area contributed by atoms with Gasteiger partial charge in [0, 0.05) is 12.3 Å². The number of carboxylic acids is 1. The third kappa shape index (κ3) is 3.48. The van der Waals surface area contributed by atoms with E-state index < -0.39 is 12.0 Å². The van der Waals surface area contributed by atoms with E-state index in [-0.39, 0.29) is 23.5 Å². The molecule has 0 bridgehead atoms. The summed E-state index contributed by atoms with van der Waals surface area (Å²) < 4.78 is 1.32. The molecule has 1 unspecified atom stereocenters. The number of Topliss-reactive ketones (excluding diaryl/α,β-unsaturated/α-hetero) is 1. The summed E-state index contributed by atoms with van der Waals surface area (Å²) in [5.74, 6) is -1.21. The largest absolute Gasteiger partial charge is 0.478 e. The smallest absolute Gasteiger partial charge is 0.337 e. The lowest BCUT2D eigenvalue weighted by Gasteiger charge is -2.10. The van der Waals surface area contributed by atoms with Gasteiger partial charge in [0.25, 0.3) is 5.56 Å². The van der Waals surface area contributed by atoms with Crippen LogP contribution in [0.4, 0.5) is 0 Å². The van der Waals surface area contributed by atoms with E-state index in [9.17, 15) is 14.4 Å². The van der Waals surface area contributed by atoms with E-state index in [2.05, 4.69) is 0 Å². The van der Waals surface area contributed by atoms with E-state index in [1.807, 2.05) is 0 Å². The van der Waals surface area contributed by atoms with E-state index in [1.165, 1.54) is 29.8 Å². The number of aromatic nitrogens is 1. The lowest BCUT2D eigenvalue weighted by atomic mass is 10.0. The minimum Gasteiger partial charge on any atom is -0.478 e. The van der Waals surface area contributed by atoms with Crippen molar-refractivity contribution in [3.05, 3.63) is 69.6 Å². The summed E-state index contributed by atoms with van der Waals surface area (Å²) in [6.45, 7) is 1.67. The topological polar surface area (TPSA) is 102 Å². The maximum absolute atomic E-state index is 11.8. The number of carbonyl (C=O) groups is 2. The third-order valence-electron chi connectivity index (χ3n) is 3.36. The molecule has 1 aromatic heterocycles. The Morgan fingerprint density at radius 1 is 1.18 bits per heavy atom. The number of carbonyl (C=O) groups excluding carboxylic acids is 1. The molecule has 3 N–H and O–H groups in total. The molecule has 22 heavy (non-hydrogen) atoms. The Hall–Kier alpha value is -2.73. The van der Waals surface area contributed by atoms with Gasteiger partial charge in [-0.2, -0.15) is 0 Å². The monoisotopic (exact) mass is 300 g/mol. The summed E-state index contributed by atoms with van der Waals surface area (Å²) in [6, 6.07) is 8.82. The molecule has 6 heteroatoms. The van der Waals surface area contributed by atoms with Crippen molar-refractivity contribution >= 4 is 11.8 Å². The van der Waals surface area contributed by atoms with Crippen LogP contribution in [0.25, 0.3) is 0 Å². The van der Waals surface area contributed by atoms with Crippen molar-refractivity contribution in [3.63, 3.8) is 0 Å². The predicted octanol–water partition coefficient (Wildman–Crippen LogP) is 1.18. The highest BCUT2D eigenvalue weighted by atomic mass is 16.4. The van der Waals surface area contributed by atoms with E-state index in [4.69, 9.17) is 10.8 Å². The Morgan fingerprint density at radius 3 is 2.36 bits per heavy atom. The molecule has 1 atom stereocenters. The van der Waals surface area contributed by atoms with Crippen LogP contribution in [0.15, 0.2) is 47.4 Å². The standard InChI is InChI=1S/C16H16N2O4/c1-10(19)15(17)12-4-2-11(3-5-12)8-18-9-13(16(21)22)6-7-14(18)20/h2-7,9,15H,8,17H2,1H3,(H,21,22). The number of ketones is 1. The Labute approximate surface area is 126 Å². The molecule has 0 aliphatic carbocycles. The normalized spacial score (nSPS) is 11.9. The predicted molar refractivity (Wildman–Crippen MR) is 80.8 cm³/mol. The minimum atomic E-state index is -1.09. The Kier molecular flexibility index (Phi) is 4.53. The quantitative estimate of drug-likeness (QED) is 0.863. The van der Waals surface area contributed by atoms with Gasteiger partial charge < -0.3 is 15.4 Å². The van der Waals surface area contributed by atoms with E-state index in [0.29, 0.717) is 5.56 Å². The van der Waals surface area contributed by atoms with Crippen molar-refractivity contribution < 1.29 is 14.7 Å². The van der Waals surface area contributed by atoms with Crippen LogP contribution >= 0.6 is 0 Å². The lowest BCUT2D eigenvalue weighted by molar-refractivity contribution is -0.118. The number of carboxylic acid groups (broad SMARTS) is 1. The van der Waals surface area contributed by atoms with Gasteiger partial charge in [-0.05, 0) is 24.1 Å². The van der Waals surface area contributed by atoms with Gasteiger partial charge >= 0.3 is 5.97 Å². The first-order chi connectivity index (χ1) is 10.4. The first kappa shape index (κ1) is 15.7. The number of hydrogen-bond acceptors (Lipinski definition) is 4. The Bertz CT molecular complexity index is 762. The van der Waals surface area contributed by atoms with Gasteiger partial charge in [0.1, 0.15) is 0 Å². The SMILES string of the molecule is CC(=O)C(N)c1ccc(Cn2cc(C(=O)O)ccc2=O)cc1. The molecule has 1 heterocycles. The molecule has 1 aromatic carbocycles. The van der Waals surface area contributed by atoms with Crippen LogP contribution in [0.3, 0.4) is 0 Å². The molecule has 0 spiro atoms. The van der Waals surface area contributed by atoms with Crippen molar-refractivity contribution in [2.45, 2.75) is 19.5 Å². The highest BCUT2D eigenvalue weighted by molar-refractivity contribution is 5.87. The second-order valence-electron chi connectivity index (χ2n) is 5.02. The highest BCUT2D eigenvalue weighted by Gasteiger charge is 2.11. The molecule has 0 saturated heterocycles. The summed E-state index contributed by atoms with van der Waals surface area (Å²) in [6.07, 6.45) is 1.31. The van der Waals surface area contributed by atoms with Crippen LogP contribution in [0.1, 0.15) is 34.5 Å². The van der Waals surface area contributed by atoms with Gasteiger partial charge in [-0.1, -0.05) is 24.3 Å². The Morgan fingerprint density at radius 2 is 1.82 bits per heavy atom. The van der Waals surface area contributed by atoms with Crippen molar-refractivity contribution in [2.24, 2.45) is 5.73 Å². The van der Waals surface area contributed by atoms with Gasteiger partial charge in [0.15, 0.2) is 5.78 Å². The Balaban J connectivity index is 2.24. The molecule has 0 aliphatic heterocycles. The fourth-order valence-corrected chi connectivity index (χ4v) is 2.04. The van der Waals surface area contributed by atoms with Crippen molar-refractivity contribution in [1.29, 1.82) is 0 Å². The number of hydrogen-bond donors (Lipinski definition) is 2. The highest BCUT2D eigenvalue weighted by Crippen LogP contribution is 2.13. The summed E-state index contributed by atoms with van der Waals surface area (Å²) >= 11 is 0. The van der Waals surface area contributed by atoms with Crippen LogP contribution in [0, 0.1) is 0 Å². The molecular formula is C16H16N2O4. The number of benzene rings is 1. The first-order valence-corrected chi connectivity index (χ1v) is 6.67. The van der Waals surface area contributed by atoms with Gasteiger partial charge in [0.2, 0.25) is 0 Å². The van der Waals surface area contributed by atoms with Gasteiger partial charge in [0.05, 0.1) is 18.2 Å². The molecule has 6 nitrogen and oxygen atoms in total. The van der Waals surface area contributed by atoms with Crippen molar-refractivity contribution in [3.8, 4) is 0 Å². The molecule has 0 saturated carbocycles. The zero-order chi connectivity index (χ0) is 16.3. The van der Waals surface area contributed by atoms with Gasteiger partial charge in [-0.25, -0.2) is 4.79 Å². The number of aromatic carboxylic acids is 1. The maximum Gasteiger partial charge on any atom is 0.337 e.